The van der Waals surface area contributed by atoms with E-state index < -0.39 is 10.0 Å². The topological polar surface area (TPSA) is 70.6 Å². The van der Waals surface area contributed by atoms with Crippen LogP contribution < -0.4 is 0 Å². The Labute approximate surface area is 203 Å². The van der Waals surface area contributed by atoms with E-state index in [9.17, 15) is 13.2 Å². The molecule has 33 heavy (non-hydrogen) atoms. The summed E-state index contributed by atoms with van der Waals surface area (Å²) in [5.41, 5.74) is 1.05. The van der Waals surface area contributed by atoms with Crippen LogP contribution in [0.2, 0.25) is 5.02 Å². The van der Waals surface area contributed by atoms with Gasteiger partial charge in [0.2, 0.25) is 15.9 Å². The third-order valence-electron chi connectivity index (χ3n) is 6.72. The lowest BCUT2D eigenvalue weighted by Crippen LogP contribution is -2.46. The second-order valence-electron chi connectivity index (χ2n) is 8.75. The largest absolute Gasteiger partial charge is 0.342 e. The third kappa shape index (κ3) is 4.67. The molecule has 174 valence electrons. The summed E-state index contributed by atoms with van der Waals surface area (Å²) in [5.74, 6) is 0.458. The summed E-state index contributed by atoms with van der Waals surface area (Å²) in [6, 6.07) is 14.4. The van der Waals surface area contributed by atoms with E-state index in [0.717, 1.165) is 31.4 Å². The summed E-state index contributed by atoms with van der Waals surface area (Å²) in [4.78, 5) is 20.1. The molecule has 2 fully saturated rings. The fourth-order valence-electron chi connectivity index (χ4n) is 4.77. The molecule has 0 saturated carbocycles. The van der Waals surface area contributed by atoms with Crippen LogP contribution in [0, 0.1) is 5.92 Å². The highest BCUT2D eigenvalue weighted by Crippen LogP contribution is 2.35. The third-order valence-corrected chi connectivity index (χ3v) is 10.1. The van der Waals surface area contributed by atoms with Crippen molar-refractivity contribution in [2.75, 3.05) is 26.2 Å². The molecule has 0 atom stereocenters. The minimum atomic E-state index is -3.56. The number of para-hydroxylation sites is 1. The monoisotopic (exact) mass is 503 g/mol. The van der Waals surface area contributed by atoms with Crippen molar-refractivity contribution >= 4 is 49.1 Å². The molecule has 0 bridgehead atoms. The maximum absolute atomic E-state index is 13.1. The maximum Gasteiger partial charge on any atom is 0.243 e. The van der Waals surface area contributed by atoms with Gasteiger partial charge in [-0.3, -0.25) is 4.79 Å². The van der Waals surface area contributed by atoms with E-state index in [1.807, 2.05) is 23.1 Å². The molecule has 0 unspecified atom stereocenters. The number of amides is 1. The van der Waals surface area contributed by atoms with Gasteiger partial charge in [-0.2, -0.15) is 4.31 Å². The number of fused-ring (bicyclic) bond motifs is 1. The number of thiazole rings is 1. The molecule has 6 nitrogen and oxygen atoms in total. The number of likely N-dealkylation sites (tertiary alicyclic amines) is 1. The van der Waals surface area contributed by atoms with Gasteiger partial charge in [0.25, 0.3) is 0 Å². The minimum absolute atomic E-state index is 0.110. The van der Waals surface area contributed by atoms with E-state index in [-0.39, 0.29) is 16.7 Å². The lowest BCUT2D eigenvalue weighted by Gasteiger charge is -2.36. The molecule has 5 rings (SSSR count). The van der Waals surface area contributed by atoms with Crippen LogP contribution in [0.25, 0.3) is 10.2 Å². The standard InChI is InChI=1S/C24H26ClN3O3S2/c25-19-5-7-20(8-6-19)33(30,31)28-15-11-18(12-16-28)24(29)27-13-9-17(10-14-27)23-26-21-3-1-2-4-22(21)32-23/h1-8,17-18H,9-16H2. The van der Waals surface area contributed by atoms with Gasteiger partial charge in [-0.15, -0.1) is 11.3 Å². The van der Waals surface area contributed by atoms with Gasteiger partial charge in [0.15, 0.2) is 0 Å². The smallest absolute Gasteiger partial charge is 0.243 e. The number of aromatic nitrogens is 1. The molecule has 9 heteroatoms. The highest BCUT2D eigenvalue weighted by molar-refractivity contribution is 7.89. The van der Waals surface area contributed by atoms with Gasteiger partial charge in [-0.25, -0.2) is 13.4 Å². The second-order valence-corrected chi connectivity index (χ2v) is 12.2. The minimum Gasteiger partial charge on any atom is -0.342 e. The van der Waals surface area contributed by atoms with E-state index in [4.69, 9.17) is 16.6 Å². The first-order chi connectivity index (χ1) is 15.9. The Morgan fingerprint density at radius 3 is 2.27 bits per heavy atom. The lowest BCUT2D eigenvalue weighted by molar-refractivity contribution is -0.137. The van der Waals surface area contributed by atoms with Crippen molar-refractivity contribution in [2.45, 2.75) is 36.5 Å². The summed E-state index contributed by atoms with van der Waals surface area (Å²) >= 11 is 7.64. The summed E-state index contributed by atoms with van der Waals surface area (Å²) in [6.07, 6.45) is 2.97. The van der Waals surface area contributed by atoms with Gasteiger partial charge in [-0.1, -0.05) is 23.7 Å². The number of rotatable bonds is 4. The van der Waals surface area contributed by atoms with Crippen LogP contribution in [0.15, 0.2) is 53.4 Å². The molecule has 3 aromatic rings. The van der Waals surface area contributed by atoms with Crippen LogP contribution in [0.3, 0.4) is 0 Å². The van der Waals surface area contributed by atoms with Crippen molar-refractivity contribution in [3.8, 4) is 0 Å². The van der Waals surface area contributed by atoms with Crippen LogP contribution in [0.4, 0.5) is 0 Å². The molecule has 1 amide bonds. The van der Waals surface area contributed by atoms with Crippen molar-refractivity contribution in [1.29, 1.82) is 0 Å². The fraction of sp³-hybridized carbons (Fsp3) is 0.417. The van der Waals surface area contributed by atoms with E-state index in [1.54, 1.807) is 23.5 Å². The van der Waals surface area contributed by atoms with Crippen molar-refractivity contribution in [1.82, 2.24) is 14.2 Å². The highest BCUT2D eigenvalue weighted by Gasteiger charge is 2.35. The van der Waals surface area contributed by atoms with Gasteiger partial charge >= 0.3 is 0 Å². The van der Waals surface area contributed by atoms with Gasteiger partial charge in [0.05, 0.1) is 20.1 Å². The highest BCUT2D eigenvalue weighted by atomic mass is 35.5. The predicted molar refractivity (Wildman–Crippen MR) is 131 cm³/mol. The number of benzene rings is 2. The predicted octanol–water partition coefficient (Wildman–Crippen LogP) is 4.76. The van der Waals surface area contributed by atoms with Gasteiger partial charge in [-0.05, 0) is 62.1 Å². The Hall–Kier alpha value is -2.00. The summed E-state index contributed by atoms with van der Waals surface area (Å²) in [5, 5.41) is 1.68. The number of hydrogen-bond donors (Lipinski definition) is 0. The van der Waals surface area contributed by atoms with Gasteiger partial charge < -0.3 is 4.90 Å². The Bertz CT molecular complexity index is 1210. The SMILES string of the molecule is O=C(C1CCN(S(=O)(=O)c2ccc(Cl)cc2)CC1)N1CCC(c2nc3ccccc3s2)CC1. The number of carbonyl (C=O) groups excluding carboxylic acids is 1. The molecule has 3 heterocycles. The molecule has 2 aliphatic heterocycles. The number of sulfonamides is 1. The van der Waals surface area contributed by atoms with Crippen molar-refractivity contribution in [2.24, 2.45) is 5.92 Å². The average molecular weight is 504 g/mol. The zero-order valence-corrected chi connectivity index (χ0v) is 20.6. The molecule has 2 aliphatic rings. The van der Waals surface area contributed by atoms with Gasteiger partial charge in [0.1, 0.15) is 0 Å². The molecule has 0 radical (unpaired) electrons. The number of carbonyl (C=O) groups is 1. The molecule has 2 aromatic carbocycles. The zero-order valence-electron chi connectivity index (χ0n) is 18.2. The number of hydrogen-bond acceptors (Lipinski definition) is 5. The molecular formula is C24H26ClN3O3S2. The molecule has 0 spiro atoms. The van der Waals surface area contributed by atoms with Crippen LogP contribution in [0.5, 0.6) is 0 Å². The quantitative estimate of drug-likeness (QED) is 0.514. The normalized spacial score (nSPS) is 19.2. The average Bonchev–Trinajstić information content (AvgIpc) is 3.28. The maximum atomic E-state index is 13.1. The van der Waals surface area contributed by atoms with Crippen molar-refractivity contribution in [3.05, 3.63) is 58.6 Å². The van der Waals surface area contributed by atoms with Crippen LogP contribution >= 0.6 is 22.9 Å². The summed E-state index contributed by atoms with van der Waals surface area (Å²) < 4.78 is 28.5. The van der Waals surface area contributed by atoms with Gasteiger partial charge in [0, 0.05) is 43.0 Å². The number of piperidine rings is 2. The van der Waals surface area contributed by atoms with E-state index in [1.165, 1.54) is 26.1 Å². The van der Waals surface area contributed by atoms with E-state index in [2.05, 4.69) is 6.07 Å². The molecule has 0 N–H and O–H groups in total. The number of halogens is 1. The number of nitrogens with zero attached hydrogens (tertiary/aromatic N) is 3. The Kier molecular flexibility index (Phi) is 6.44. The second kappa shape index (κ2) is 9.33. The lowest BCUT2D eigenvalue weighted by atomic mass is 9.93. The van der Waals surface area contributed by atoms with E-state index >= 15 is 0 Å². The summed E-state index contributed by atoms with van der Waals surface area (Å²) in [7, 11) is -3.56. The molecule has 1 aromatic heterocycles. The zero-order chi connectivity index (χ0) is 23.0. The van der Waals surface area contributed by atoms with Crippen LogP contribution in [-0.4, -0.2) is 54.7 Å². The molecule has 0 aliphatic carbocycles. The van der Waals surface area contributed by atoms with Crippen LogP contribution in [0.1, 0.15) is 36.6 Å². The summed E-state index contributed by atoms with van der Waals surface area (Å²) in [6.45, 7) is 2.21. The molecular weight excluding hydrogens is 478 g/mol. The van der Waals surface area contributed by atoms with Crippen molar-refractivity contribution < 1.29 is 13.2 Å². The fourth-order valence-corrected chi connectivity index (χ4v) is 7.50. The Morgan fingerprint density at radius 2 is 1.61 bits per heavy atom. The first kappa shape index (κ1) is 22.8. The Morgan fingerprint density at radius 1 is 0.939 bits per heavy atom. The van der Waals surface area contributed by atoms with Crippen molar-refractivity contribution in [3.63, 3.8) is 0 Å². The Balaban J connectivity index is 1.16. The molecule has 2 saturated heterocycles. The van der Waals surface area contributed by atoms with Crippen LogP contribution in [-0.2, 0) is 14.8 Å². The first-order valence-corrected chi connectivity index (χ1v) is 14.0. The first-order valence-electron chi connectivity index (χ1n) is 11.3. The van der Waals surface area contributed by atoms with E-state index in [0.29, 0.717) is 36.9 Å².